The predicted octanol–water partition coefficient (Wildman–Crippen LogP) is 6.63. The number of halogens is 2. The van der Waals surface area contributed by atoms with Crippen LogP contribution in [0, 0.1) is 5.92 Å². The fourth-order valence-corrected chi connectivity index (χ4v) is 26.7. The second-order valence-corrected chi connectivity index (χ2v) is 27.9. The molecule has 1 saturated heterocycles. The third-order valence-electron chi connectivity index (χ3n) is 11.2. The van der Waals surface area contributed by atoms with Crippen molar-refractivity contribution in [3.05, 3.63) is 141 Å². The summed E-state index contributed by atoms with van der Waals surface area (Å²) in [6.07, 6.45) is 2.64. The largest absolute Gasteiger partial charge is 1.00 e. The Balaban J connectivity index is 0.00000217. The van der Waals surface area contributed by atoms with Gasteiger partial charge < -0.3 is 24.8 Å². The molecule has 47 heavy (non-hydrogen) atoms. The maximum absolute atomic E-state index is 2.80. The van der Waals surface area contributed by atoms with Crippen molar-refractivity contribution in [1.29, 1.82) is 0 Å². The summed E-state index contributed by atoms with van der Waals surface area (Å²) in [6, 6.07) is 35.6. The van der Waals surface area contributed by atoms with E-state index in [0.717, 1.165) is 0 Å². The summed E-state index contributed by atoms with van der Waals surface area (Å²) in [6.45, 7) is 21.2. The number of hydrogen-bond donors (Lipinski definition) is 0. The first-order valence-electron chi connectivity index (χ1n) is 17.2. The van der Waals surface area contributed by atoms with Crippen LogP contribution in [-0.2, 0) is 31.1 Å². The Labute approximate surface area is 301 Å². The molecule has 7 rings (SSSR count). The van der Waals surface area contributed by atoms with Gasteiger partial charge in [-0.15, -0.1) is 0 Å². The van der Waals surface area contributed by atoms with Crippen LogP contribution in [0.1, 0.15) is 109 Å². The summed E-state index contributed by atoms with van der Waals surface area (Å²) >= 11 is -2.80. The summed E-state index contributed by atoms with van der Waals surface area (Å²) in [5.74, 6) is 0.554. The van der Waals surface area contributed by atoms with Crippen LogP contribution in [0.5, 0.6) is 0 Å². The fraction of sp³-hybridized carbons (Fsp3) is 0.364. The van der Waals surface area contributed by atoms with Crippen LogP contribution in [0.3, 0.4) is 0 Å². The molecule has 0 radical (unpaired) electrons. The summed E-state index contributed by atoms with van der Waals surface area (Å²) in [7, 11) is 0. The van der Waals surface area contributed by atoms with E-state index in [9.17, 15) is 0 Å². The molecule has 0 aromatic heterocycles. The van der Waals surface area contributed by atoms with Crippen LogP contribution in [0.4, 0.5) is 0 Å². The van der Waals surface area contributed by atoms with Crippen molar-refractivity contribution >= 4 is 11.6 Å². The van der Waals surface area contributed by atoms with Gasteiger partial charge in [-0.25, -0.2) is 0 Å². The minimum absolute atomic E-state index is 0. The molecule has 0 amide bonds. The molecule has 2 unspecified atom stereocenters. The molecule has 2 aliphatic carbocycles. The summed E-state index contributed by atoms with van der Waals surface area (Å²) < 4.78 is 4.26. The van der Waals surface area contributed by atoms with E-state index in [1.165, 1.54) is 52.8 Å². The topological polar surface area (TPSA) is 0 Å². The van der Waals surface area contributed by atoms with Crippen molar-refractivity contribution in [2.75, 3.05) is 0 Å². The average Bonchev–Trinajstić information content (AvgIpc) is 3.57. The number of benzene rings is 4. The third kappa shape index (κ3) is 6.13. The van der Waals surface area contributed by atoms with E-state index < -0.39 is 20.3 Å². The minimum atomic E-state index is -2.80. The summed E-state index contributed by atoms with van der Waals surface area (Å²) in [4.78, 5) is 0. The second kappa shape index (κ2) is 12.9. The minimum Gasteiger partial charge on any atom is -1.00 e. The average molecular weight is 741 g/mol. The van der Waals surface area contributed by atoms with Crippen molar-refractivity contribution in [3.8, 4) is 11.1 Å². The number of allylic oxidation sites excluding steroid dienone is 2. The Morgan fingerprint density at radius 2 is 1.11 bits per heavy atom. The second-order valence-electron chi connectivity index (χ2n) is 16.5. The van der Waals surface area contributed by atoms with Crippen molar-refractivity contribution < 1.29 is 45.1 Å². The Kier molecular flexibility index (Phi) is 9.94. The van der Waals surface area contributed by atoms with Gasteiger partial charge in [0, 0.05) is 0 Å². The van der Waals surface area contributed by atoms with Gasteiger partial charge in [-0.05, 0) is 0 Å². The van der Waals surface area contributed by atoms with E-state index in [1.54, 1.807) is 22.3 Å². The molecule has 0 spiro atoms. The van der Waals surface area contributed by atoms with Crippen LogP contribution in [0.15, 0.2) is 102 Å². The molecule has 0 bridgehead atoms. The number of fused-ring (bicyclic) bond motifs is 2. The molecule has 3 aliphatic rings. The van der Waals surface area contributed by atoms with Gasteiger partial charge in [0.1, 0.15) is 0 Å². The van der Waals surface area contributed by atoms with Crippen molar-refractivity contribution in [3.63, 3.8) is 0 Å². The zero-order chi connectivity index (χ0) is 31.9. The Bertz CT molecular complexity index is 1840. The zero-order valence-corrected chi connectivity index (χ0v) is 33.6. The molecule has 3 heteroatoms. The SMILES string of the molecule is CC1=C(c2ccc(C(C)(C)C)cc2)c2ccccc2[CH]1[Zr+2]1([CH]2C(C(C)C)=Cc3c(-c4ccc(C(C)(C)C)cc4)cccc32)[CH2][CH2]1.[Cl-].[Cl-]. The molecule has 1 fully saturated rings. The maximum Gasteiger partial charge on any atom is -1.00 e. The van der Waals surface area contributed by atoms with Gasteiger partial charge in [-0.1, -0.05) is 0 Å². The smallest absolute Gasteiger partial charge is 1.00 e. The molecule has 0 N–H and O–H groups in total. The van der Waals surface area contributed by atoms with Crippen molar-refractivity contribution in [1.82, 2.24) is 0 Å². The van der Waals surface area contributed by atoms with E-state index in [2.05, 4.69) is 159 Å². The van der Waals surface area contributed by atoms with Crippen molar-refractivity contribution in [2.24, 2.45) is 5.92 Å². The van der Waals surface area contributed by atoms with E-state index in [4.69, 9.17) is 0 Å². The third-order valence-corrected chi connectivity index (χ3v) is 24.3. The first kappa shape index (κ1) is 36.1. The Morgan fingerprint density at radius 3 is 1.64 bits per heavy atom. The van der Waals surface area contributed by atoms with Crippen molar-refractivity contribution in [2.45, 2.75) is 88.7 Å². The van der Waals surface area contributed by atoms with Gasteiger partial charge >= 0.3 is 279 Å². The van der Waals surface area contributed by atoms with Crippen LogP contribution >= 0.6 is 0 Å². The standard InChI is InChI=1S/C22H25.C20H21.C2H4.2ClH.Zr/c1-15(2)18-13-17-7-6-8-20(21(17)14-18)16-9-11-19(12-10-16)22(3,4)5;1-14-13-16-7-5-6-8-18(16)19(14)15-9-11-17(12-10-15)20(2,3)4;1-2;;;/h6-15H,1-5H3;5-13H,1-4H3;1-2H2;2*1H;/q;;;;;+2/p-2. The molecule has 0 nitrogen and oxygen atoms in total. The number of rotatable bonds is 5. The van der Waals surface area contributed by atoms with Gasteiger partial charge in [-0.2, -0.15) is 0 Å². The van der Waals surface area contributed by atoms with E-state index in [-0.39, 0.29) is 35.6 Å². The fourth-order valence-electron chi connectivity index (χ4n) is 8.68. The van der Waals surface area contributed by atoms with E-state index in [1.807, 2.05) is 0 Å². The van der Waals surface area contributed by atoms with Crippen LogP contribution in [0.25, 0.3) is 22.8 Å². The molecule has 1 aliphatic heterocycles. The van der Waals surface area contributed by atoms with Gasteiger partial charge in [0.2, 0.25) is 0 Å². The molecule has 1 heterocycles. The van der Waals surface area contributed by atoms with Crippen LogP contribution in [0.2, 0.25) is 8.26 Å². The first-order chi connectivity index (χ1) is 21.3. The zero-order valence-electron chi connectivity index (χ0n) is 29.6. The van der Waals surface area contributed by atoms with Gasteiger partial charge in [0.15, 0.2) is 0 Å². The van der Waals surface area contributed by atoms with Crippen LogP contribution < -0.4 is 24.8 Å². The maximum atomic E-state index is 2.64. The van der Waals surface area contributed by atoms with Gasteiger partial charge in [0.25, 0.3) is 0 Å². The Morgan fingerprint density at radius 1 is 0.596 bits per heavy atom. The number of hydrogen-bond acceptors (Lipinski definition) is 0. The molecule has 244 valence electrons. The van der Waals surface area contributed by atoms with Crippen LogP contribution in [-0.4, -0.2) is 0 Å². The van der Waals surface area contributed by atoms with Gasteiger partial charge in [-0.3, -0.25) is 0 Å². The summed E-state index contributed by atoms with van der Waals surface area (Å²) in [5.41, 5.74) is 18.4. The first-order valence-corrected chi connectivity index (χ1v) is 23.5. The molecular weight excluding hydrogens is 691 g/mol. The normalized spacial score (nSPS) is 18.8. The quantitative estimate of drug-likeness (QED) is 0.216. The molecule has 2 atom stereocenters. The van der Waals surface area contributed by atoms with E-state index in [0.29, 0.717) is 13.2 Å². The Hall–Kier alpha value is -2.18. The van der Waals surface area contributed by atoms with Gasteiger partial charge in [0.05, 0.1) is 0 Å². The molecular formula is C44H50Cl2Zr. The predicted molar refractivity (Wildman–Crippen MR) is 192 cm³/mol. The summed E-state index contributed by atoms with van der Waals surface area (Å²) in [5, 5.41) is 0. The van der Waals surface area contributed by atoms with E-state index >= 15 is 0 Å². The molecule has 4 aromatic rings. The monoisotopic (exact) mass is 738 g/mol. The molecule has 0 saturated carbocycles. The molecule has 4 aromatic carbocycles.